The lowest BCUT2D eigenvalue weighted by Crippen LogP contribution is -2.26. The molecule has 0 amide bonds. The highest BCUT2D eigenvalue weighted by Gasteiger charge is 2.58. The fraction of sp³-hybridized carbons (Fsp3) is 1.00. The van der Waals surface area contributed by atoms with E-state index in [0.29, 0.717) is 11.5 Å². The van der Waals surface area contributed by atoms with E-state index < -0.39 is 0 Å². The summed E-state index contributed by atoms with van der Waals surface area (Å²) >= 11 is 0. The summed E-state index contributed by atoms with van der Waals surface area (Å²) in [6, 6.07) is 0.680. The standard InChI is InChI=1S/C12H25N/c1-6-11-10(4)12(11,7-2)8-9(3)13-5/h9-11,13H,6-8H2,1-5H3/t9?,10?,11-,12-/m1/s1. The van der Waals surface area contributed by atoms with Gasteiger partial charge in [0, 0.05) is 6.04 Å². The molecule has 4 atom stereocenters. The van der Waals surface area contributed by atoms with E-state index >= 15 is 0 Å². The second-order valence-electron chi connectivity index (χ2n) is 4.78. The van der Waals surface area contributed by atoms with E-state index in [9.17, 15) is 0 Å². The van der Waals surface area contributed by atoms with Crippen molar-refractivity contribution in [2.45, 2.75) is 53.0 Å². The second kappa shape index (κ2) is 4.00. The summed E-state index contributed by atoms with van der Waals surface area (Å²) in [5.74, 6) is 1.95. The molecule has 0 aromatic carbocycles. The molecule has 78 valence electrons. The molecule has 0 aromatic heterocycles. The minimum absolute atomic E-state index is 0.678. The van der Waals surface area contributed by atoms with Gasteiger partial charge in [0.05, 0.1) is 0 Å². The van der Waals surface area contributed by atoms with Gasteiger partial charge >= 0.3 is 0 Å². The lowest BCUT2D eigenvalue weighted by Gasteiger charge is -2.20. The van der Waals surface area contributed by atoms with Crippen molar-refractivity contribution in [3.05, 3.63) is 0 Å². The molecule has 13 heavy (non-hydrogen) atoms. The van der Waals surface area contributed by atoms with Crippen LogP contribution < -0.4 is 5.32 Å². The summed E-state index contributed by atoms with van der Waals surface area (Å²) in [5, 5.41) is 3.36. The lowest BCUT2D eigenvalue weighted by atomic mass is 9.90. The molecule has 2 unspecified atom stereocenters. The molecule has 0 aliphatic heterocycles. The predicted molar refractivity (Wildman–Crippen MR) is 58.8 cm³/mol. The molecule has 0 spiro atoms. The van der Waals surface area contributed by atoms with Gasteiger partial charge in [-0.1, -0.05) is 27.2 Å². The van der Waals surface area contributed by atoms with Crippen LogP contribution in [0.5, 0.6) is 0 Å². The number of nitrogens with one attached hydrogen (secondary N) is 1. The van der Waals surface area contributed by atoms with Crippen LogP contribution in [-0.4, -0.2) is 13.1 Å². The van der Waals surface area contributed by atoms with E-state index in [1.165, 1.54) is 19.3 Å². The molecule has 0 heterocycles. The number of hydrogen-bond donors (Lipinski definition) is 1. The van der Waals surface area contributed by atoms with Gasteiger partial charge in [-0.3, -0.25) is 0 Å². The van der Waals surface area contributed by atoms with Crippen molar-refractivity contribution in [2.75, 3.05) is 7.05 Å². The van der Waals surface area contributed by atoms with Crippen molar-refractivity contribution in [1.29, 1.82) is 0 Å². The fourth-order valence-electron chi connectivity index (χ4n) is 3.30. The van der Waals surface area contributed by atoms with E-state index in [1.54, 1.807) is 0 Å². The normalized spacial score (nSPS) is 40.4. The Bertz CT molecular complexity index is 167. The average molecular weight is 183 g/mol. The van der Waals surface area contributed by atoms with Crippen molar-refractivity contribution in [3.63, 3.8) is 0 Å². The van der Waals surface area contributed by atoms with Crippen LogP contribution >= 0.6 is 0 Å². The van der Waals surface area contributed by atoms with Crippen LogP contribution in [0, 0.1) is 17.3 Å². The summed E-state index contributed by atoms with van der Waals surface area (Å²) in [7, 11) is 2.07. The van der Waals surface area contributed by atoms with Crippen LogP contribution in [0.15, 0.2) is 0 Å². The van der Waals surface area contributed by atoms with Crippen LogP contribution in [0.4, 0.5) is 0 Å². The highest BCUT2D eigenvalue weighted by atomic mass is 14.9. The van der Waals surface area contributed by atoms with Gasteiger partial charge in [-0.25, -0.2) is 0 Å². The maximum atomic E-state index is 3.36. The van der Waals surface area contributed by atoms with Crippen molar-refractivity contribution in [1.82, 2.24) is 5.32 Å². The van der Waals surface area contributed by atoms with E-state index in [2.05, 4.69) is 40.1 Å². The smallest absolute Gasteiger partial charge is 0.00412 e. The zero-order valence-electron chi connectivity index (χ0n) is 9.85. The molecule has 1 nitrogen and oxygen atoms in total. The molecule has 0 aromatic rings. The van der Waals surface area contributed by atoms with Gasteiger partial charge < -0.3 is 5.32 Å². The zero-order chi connectivity index (χ0) is 10.1. The summed E-state index contributed by atoms with van der Waals surface area (Å²) in [4.78, 5) is 0. The summed E-state index contributed by atoms with van der Waals surface area (Å²) in [5.41, 5.74) is 0.678. The quantitative estimate of drug-likeness (QED) is 0.691. The Kier molecular flexibility index (Phi) is 3.39. The van der Waals surface area contributed by atoms with Crippen LogP contribution in [0.3, 0.4) is 0 Å². The van der Waals surface area contributed by atoms with Crippen LogP contribution in [0.2, 0.25) is 0 Å². The predicted octanol–water partition coefficient (Wildman–Crippen LogP) is 3.06. The second-order valence-corrected chi connectivity index (χ2v) is 4.78. The van der Waals surface area contributed by atoms with Gasteiger partial charge in [-0.15, -0.1) is 0 Å². The first-order chi connectivity index (χ1) is 6.12. The molecule has 0 radical (unpaired) electrons. The van der Waals surface area contributed by atoms with E-state index in [-0.39, 0.29) is 0 Å². The first-order valence-electron chi connectivity index (χ1n) is 5.79. The molecule has 1 N–H and O–H groups in total. The largest absolute Gasteiger partial charge is 0.317 e. The van der Waals surface area contributed by atoms with E-state index in [0.717, 1.165) is 11.8 Å². The van der Waals surface area contributed by atoms with E-state index in [4.69, 9.17) is 0 Å². The highest BCUT2D eigenvalue weighted by Crippen LogP contribution is 2.64. The molecule has 1 saturated carbocycles. The molecule has 0 bridgehead atoms. The molecule has 0 saturated heterocycles. The molecule has 1 heteroatoms. The maximum Gasteiger partial charge on any atom is 0.00412 e. The Balaban J connectivity index is 2.53. The summed E-state index contributed by atoms with van der Waals surface area (Å²) < 4.78 is 0. The molecule has 1 fully saturated rings. The highest BCUT2D eigenvalue weighted by molar-refractivity contribution is 5.07. The van der Waals surface area contributed by atoms with Crippen molar-refractivity contribution >= 4 is 0 Å². The van der Waals surface area contributed by atoms with Crippen LogP contribution in [0.25, 0.3) is 0 Å². The third kappa shape index (κ3) is 1.76. The molecule has 1 rings (SSSR count). The Morgan fingerprint density at radius 3 is 2.31 bits per heavy atom. The molecular formula is C12H25N. The van der Waals surface area contributed by atoms with Crippen LogP contribution in [-0.2, 0) is 0 Å². The zero-order valence-corrected chi connectivity index (χ0v) is 9.85. The molecular weight excluding hydrogens is 158 g/mol. The van der Waals surface area contributed by atoms with Gasteiger partial charge in [0.1, 0.15) is 0 Å². The van der Waals surface area contributed by atoms with Crippen LogP contribution in [0.1, 0.15) is 47.0 Å². The Morgan fingerprint density at radius 2 is 2.00 bits per heavy atom. The van der Waals surface area contributed by atoms with Crippen molar-refractivity contribution in [2.24, 2.45) is 17.3 Å². The van der Waals surface area contributed by atoms with Gasteiger partial charge in [-0.05, 0) is 44.1 Å². The lowest BCUT2D eigenvalue weighted by molar-refractivity contribution is 0.335. The third-order valence-corrected chi connectivity index (χ3v) is 4.42. The Labute approximate surface area is 83.3 Å². The van der Waals surface area contributed by atoms with Gasteiger partial charge in [-0.2, -0.15) is 0 Å². The van der Waals surface area contributed by atoms with Gasteiger partial charge in [0.25, 0.3) is 0 Å². The summed E-state index contributed by atoms with van der Waals surface area (Å²) in [6.07, 6.45) is 4.09. The maximum absolute atomic E-state index is 3.36. The first kappa shape index (κ1) is 11.0. The van der Waals surface area contributed by atoms with Crippen molar-refractivity contribution < 1.29 is 0 Å². The molecule has 1 aliphatic carbocycles. The van der Waals surface area contributed by atoms with Crippen molar-refractivity contribution in [3.8, 4) is 0 Å². The third-order valence-electron chi connectivity index (χ3n) is 4.42. The average Bonchev–Trinajstić information content (AvgIpc) is 2.71. The van der Waals surface area contributed by atoms with Gasteiger partial charge in [0.15, 0.2) is 0 Å². The number of rotatable bonds is 5. The van der Waals surface area contributed by atoms with Gasteiger partial charge in [0.2, 0.25) is 0 Å². The molecule has 1 aliphatic rings. The minimum Gasteiger partial charge on any atom is -0.317 e. The number of hydrogen-bond acceptors (Lipinski definition) is 1. The summed E-state index contributed by atoms with van der Waals surface area (Å²) in [6.45, 7) is 9.42. The Hall–Kier alpha value is -0.0400. The monoisotopic (exact) mass is 183 g/mol. The topological polar surface area (TPSA) is 12.0 Å². The SMILES string of the molecule is CC[C@@H]1C(C)[C@@]1(CC)CC(C)NC. The first-order valence-corrected chi connectivity index (χ1v) is 5.79. The van der Waals surface area contributed by atoms with E-state index in [1.807, 2.05) is 0 Å². The fourth-order valence-corrected chi connectivity index (χ4v) is 3.30. The minimum atomic E-state index is 0.678. The Morgan fingerprint density at radius 1 is 1.38 bits per heavy atom.